The first kappa shape index (κ1) is 21.2. The lowest BCUT2D eigenvalue weighted by Gasteiger charge is -2.11. The van der Waals surface area contributed by atoms with E-state index in [9.17, 15) is 4.79 Å². The van der Waals surface area contributed by atoms with E-state index in [4.69, 9.17) is 26.5 Å². The van der Waals surface area contributed by atoms with Crippen LogP contribution in [0.5, 0.6) is 5.75 Å². The van der Waals surface area contributed by atoms with Gasteiger partial charge in [0, 0.05) is 17.3 Å². The van der Waals surface area contributed by atoms with Gasteiger partial charge in [-0.25, -0.2) is 4.68 Å². The minimum atomic E-state index is -0.144. The molecule has 0 atom stereocenters. The molecule has 0 aliphatic carbocycles. The third kappa shape index (κ3) is 4.35. The van der Waals surface area contributed by atoms with Crippen molar-refractivity contribution in [3.05, 3.63) is 95.4 Å². The van der Waals surface area contributed by atoms with Gasteiger partial charge in [0.15, 0.2) is 0 Å². The summed E-state index contributed by atoms with van der Waals surface area (Å²) in [5, 5.41) is 4.82. The molecule has 0 bridgehead atoms. The largest absolute Gasteiger partial charge is 0.497 e. The highest BCUT2D eigenvalue weighted by atomic mass is 32.2. The van der Waals surface area contributed by atoms with Gasteiger partial charge in [-0.3, -0.25) is 9.69 Å². The van der Waals surface area contributed by atoms with E-state index in [0.717, 1.165) is 28.3 Å². The van der Waals surface area contributed by atoms with Crippen LogP contribution in [0.2, 0.25) is 0 Å². The summed E-state index contributed by atoms with van der Waals surface area (Å²) in [4.78, 5) is 15.2. The monoisotopic (exact) mass is 473 g/mol. The molecule has 6 nitrogen and oxygen atoms in total. The molecule has 0 spiro atoms. The third-order valence-corrected chi connectivity index (χ3v) is 6.56. The second-order valence-electron chi connectivity index (χ2n) is 7.29. The summed E-state index contributed by atoms with van der Waals surface area (Å²) in [6, 6.07) is 21.2. The number of amides is 1. The van der Waals surface area contributed by atoms with Crippen molar-refractivity contribution >= 4 is 40.3 Å². The van der Waals surface area contributed by atoms with Crippen LogP contribution in [0, 0.1) is 0 Å². The van der Waals surface area contributed by atoms with Gasteiger partial charge in [-0.2, -0.15) is 5.10 Å². The number of nitrogens with zero attached hydrogens (tertiary/aromatic N) is 3. The first-order valence-electron chi connectivity index (χ1n) is 10.2. The lowest BCUT2D eigenvalue weighted by atomic mass is 10.1. The highest BCUT2D eigenvalue weighted by molar-refractivity contribution is 8.26. The van der Waals surface area contributed by atoms with E-state index in [1.165, 1.54) is 11.8 Å². The Hall–Kier alpha value is -3.62. The number of aromatic nitrogens is 2. The van der Waals surface area contributed by atoms with E-state index >= 15 is 0 Å². The zero-order chi connectivity index (χ0) is 22.8. The van der Waals surface area contributed by atoms with Crippen LogP contribution in [0.15, 0.2) is 88.5 Å². The molecule has 3 heterocycles. The molecule has 1 fully saturated rings. The highest BCUT2D eigenvalue weighted by Crippen LogP contribution is 2.36. The summed E-state index contributed by atoms with van der Waals surface area (Å²) in [5.41, 5.74) is 3.43. The molecule has 8 heteroatoms. The first-order valence-corrected chi connectivity index (χ1v) is 11.4. The predicted octanol–water partition coefficient (Wildman–Crippen LogP) is 5.54. The molecule has 0 radical (unpaired) electrons. The summed E-state index contributed by atoms with van der Waals surface area (Å²) in [5.74, 6) is 1.31. The summed E-state index contributed by atoms with van der Waals surface area (Å²) in [6.07, 6.45) is 5.36. The minimum Gasteiger partial charge on any atom is -0.497 e. The van der Waals surface area contributed by atoms with Crippen LogP contribution in [0.1, 0.15) is 11.3 Å². The highest BCUT2D eigenvalue weighted by Gasteiger charge is 2.33. The maximum atomic E-state index is 13.1. The van der Waals surface area contributed by atoms with Crippen LogP contribution in [0.3, 0.4) is 0 Å². The molecule has 164 valence electrons. The molecule has 1 saturated heterocycles. The number of carbonyl (C=O) groups excluding carboxylic acids is 1. The van der Waals surface area contributed by atoms with Gasteiger partial charge in [-0.05, 0) is 54.6 Å². The summed E-state index contributed by atoms with van der Waals surface area (Å²) >= 11 is 6.75. The molecule has 4 aromatic rings. The molecule has 0 saturated carbocycles. The number of hydrogen-bond acceptors (Lipinski definition) is 6. The van der Waals surface area contributed by atoms with Gasteiger partial charge in [0.1, 0.15) is 15.8 Å². The van der Waals surface area contributed by atoms with Gasteiger partial charge in [0.2, 0.25) is 0 Å². The number of furan rings is 1. The van der Waals surface area contributed by atoms with E-state index in [1.807, 2.05) is 77.6 Å². The van der Waals surface area contributed by atoms with Crippen molar-refractivity contribution in [2.75, 3.05) is 7.11 Å². The third-order valence-electron chi connectivity index (χ3n) is 5.18. The van der Waals surface area contributed by atoms with Crippen LogP contribution < -0.4 is 4.74 Å². The maximum absolute atomic E-state index is 13.1. The summed E-state index contributed by atoms with van der Waals surface area (Å²) < 4.78 is 13.0. The number of para-hydroxylation sites is 1. The van der Waals surface area contributed by atoms with E-state index in [2.05, 4.69) is 0 Å². The molecule has 2 aromatic carbocycles. The van der Waals surface area contributed by atoms with Crippen molar-refractivity contribution in [2.24, 2.45) is 0 Å². The molecule has 2 aromatic heterocycles. The van der Waals surface area contributed by atoms with Gasteiger partial charge in [-0.15, -0.1) is 0 Å². The van der Waals surface area contributed by atoms with Crippen molar-refractivity contribution in [1.82, 2.24) is 14.7 Å². The van der Waals surface area contributed by atoms with E-state index in [-0.39, 0.29) is 5.91 Å². The standard InChI is InChI=1S/C25H19N3O3S2/c1-30-20-11-9-17(10-12-20)23-18(15-28(26-23)19-6-3-2-4-7-19)14-22-24(29)27(25(32)33-22)16-21-8-5-13-31-21/h2-15H,16H2,1H3/b22-14+. The molecular formula is C25H19N3O3S2. The molecule has 5 rings (SSSR count). The molecule has 1 aliphatic rings. The number of methoxy groups -OCH3 is 1. The smallest absolute Gasteiger partial charge is 0.266 e. The zero-order valence-corrected chi connectivity index (χ0v) is 19.3. The quantitative estimate of drug-likeness (QED) is 0.271. The Kier molecular flexibility index (Phi) is 5.85. The molecule has 33 heavy (non-hydrogen) atoms. The number of hydrogen-bond donors (Lipinski definition) is 0. The summed E-state index contributed by atoms with van der Waals surface area (Å²) in [6.45, 7) is 0.309. The fourth-order valence-corrected chi connectivity index (χ4v) is 4.76. The van der Waals surface area contributed by atoms with E-state index < -0.39 is 0 Å². The average molecular weight is 474 g/mol. The van der Waals surface area contributed by atoms with Gasteiger partial charge >= 0.3 is 0 Å². The molecule has 0 N–H and O–H groups in total. The second kappa shape index (κ2) is 9.09. The van der Waals surface area contributed by atoms with Crippen molar-refractivity contribution in [1.29, 1.82) is 0 Å². The van der Waals surface area contributed by atoms with Gasteiger partial charge < -0.3 is 9.15 Å². The topological polar surface area (TPSA) is 60.5 Å². The van der Waals surface area contributed by atoms with Gasteiger partial charge in [0.05, 0.1) is 36.2 Å². The number of thioether (sulfide) groups is 1. The summed E-state index contributed by atoms with van der Waals surface area (Å²) in [7, 11) is 1.63. The van der Waals surface area contributed by atoms with Crippen LogP contribution in [-0.4, -0.2) is 32.0 Å². The Morgan fingerprint density at radius 3 is 2.58 bits per heavy atom. The Bertz CT molecular complexity index is 1330. The van der Waals surface area contributed by atoms with Crippen molar-refractivity contribution in [3.63, 3.8) is 0 Å². The SMILES string of the molecule is COc1ccc(-c2nn(-c3ccccc3)cc2/C=C2/SC(=S)N(Cc3ccco3)C2=O)cc1. The Morgan fingerprint density at radius 2 is 1.88 bits per heavy atom. The first-order chi connectivity index (χ1) is 16.1. The van der Waals surface area contributed by atoms with Gasteiger partial charge in [0.25, 0.3) is 5.91 Å². The van der Waals surface area contributed by atoms with E-state index in [1.54, 1.807) is 24.3 Å². The van der Waals surface area contributed by atoms with Gasteiger partial charge in [-0.1, -0.05) is 42.2 Å². The molecule has 0 unspecified atom stereocenters. The van der Waals surface area contributed by atoms with Crippen molar-refractivity contribution < 1.29 is 13.9 Å². The van der Waals surface area contributed by atoms with Crippen molar-refractivity contribution in [2.45, 2.75) is 6.54 Å². The molecular weight excluding hydrogens is 454 g/mol. The van der Waals surface area contributed by atoms with Crippen LogP contribution >= 0.6 is 24.0 Å². The van der Waals surface area contributed by atoms with E-state index in [0.29, 0.717) is 21.5 Å². The lowest BCUT2D eigenvalue weighted by molar-refractivity contribution is -0.122. The normalized spacial score (nSPS) is 14.9. The Balaban J connectivity index is 1.53. The fourth-order valence-electron chi connectivity index (χ4n) is 3.52. The number of carbonyl (C=O) groups is 1. The number of benzene rings is 2. The second-order valence-corrected chi connectivity index (χ2v) is 8.96. The molecule has 1 aliphatic heterocycles. The van der Waals surface area contributed by atoms with Crippen LogP contribution in [-0.2, 0) is 11.3 Å². The maximum Gasteiger partial charge on any atom is 0.266 e. The van der Waals surface area contributed by atoms with Crippen LogP contribution in [0.4, 0.5) is 0 Å². The molecule has 1 amide bonds. The Morgan fingerprint density at radius 1 is 1.09 bits per heavy atom. The number of thiocarbonyl (C=S) groups is 1. The van der Waals surface area contributed by atoms with Crippen molar-refractivity contribution in [3.8, 4) is 22.7 Å². The predicted molar refractivity (Wildman–Crippen MR) is 133 cm³/mol. The number of rotatable bonds is 6. The van der Waals surface area contributed by atoms with Crippen LogP contribution in [0.25, 0.3) is 23.0 Å². The zero-order valence-electron chi connectivity index (χ0n) is 17.7. The lowest BCUT2D eigenvalue weighted by Crippen LogP contribution is -2.27. The minimum absolute atomic E-state index is 0.144. The average Bonchev–Trinajstić information content (AvgIpc) is 3.57. The number of ether oxygens (including phenoxy) is 1. The Labute approximate surface area is 200 Å². The fraction of sp³-hybridized carbons (Fsp3) is 0.0800.